The van der Waals surface area contributed by atoms with Gasteiger partial charge in [-0.15, -0.1) is 11.3 Å². The van der Waals surface area contributed by atoms with Crippen molar-refractivity contribution in [3.05, 3.63) is 78.6 Å². The quantitative estimate of drug-likeness (QED) is 0.122. The molecule has 2 aromatic heterocycles. The summed E-state index contributed by atoms with van der Waals surface area (Å²) in [5.74, 6) is -1.21. The average molecular weight is 760 g/mol. The van der Waals surface area contributed by atoms with Gasteiger partial charge in [0.25, 0.3) is 5.91 Å². The highest BCUT2D eigenvalue weighted by Gasteiger charge is 2.41. The number of aromatic hydroxyl groups is 1. The van der Waals surface area contributed by atoms with Crippen LogP contribution in [-0.4, -0.2) is 110 Å². The molecule has 2 aliphatic heterocycles. The molecule has 282 valence electrons. The van der Waals surface area contributed by atoms with Gasteiger partial charge in [-0.05, 0) is 56.0 Å². The molecule has 1 amide bonds. The number of carboxylic acids is 1. The first-order valence-electron chi connectivity index (χ1n) is 17.3. The highest BCUT2D eigenvalue weighted by molar-refractivity contribution is 7.16. The summed E-state index contributed by atoms with van der Waals surface area (Å²) < 4.78 is 21.5. The number of phenolic OH excluding ortho intramolecular Hbond substituents is 1. The molecule has 0 radical (unpaired) electrons. The number of morpholine rings is 1. The topological polar surface area (TPSA) is 189 Å². The molecule has 13 nitrogen and oxygen atoms in total. The maximum Gasteiger partial charge on any atom is 0.332 e. The smallest absolute Gasteiger partial charge is 0.332 e. The first-order valence-corrected chi connectivity index (χ1v) is 19.0. The molecule has 52 heavy (non-hydrogen) atoms. The molecule has 2 aliphatic rings. The van der Waals surface area contributed by atoms with E-state index in [1.165, 1.54) is 30.4 Å². The molecule has 6 N–H and O–H groups in total. The fourth-order valence-electron chi connectivity index (χ4n) is 6.30. The van der Waals surface area contributed by atoms with E-state index in [4.69, 9.17) is 14.9 Å². The van der Waals surface area contributed by atoms with E-state index in [0.29, 0.717) is 72.2 Å². The van der Waals surface area contributed by atoms with Crippen LogP contribution in [0.1, 0.15) is 77.8 Å². The zero-order chi connectivity index (χ0) is 37.6. The molecule has 6 rings (SSSR count). The molecule has 0 unspecified atom stereocenters. The van der Waals surface area contributed by atoms with E-state index in [0.717, 1.165) is 47.8 Å². The van der Waals surface area contributed by atoms with E-state index >= 15 is 0 Å². The number of aliphatic hydroxyl groups excluding tert-OH is 2. The lowest BCUT2D eigenvalue weighted by molar-refractivity contribution is -0.145. The Kier molecular flexibility index (Phi) is 13.2. The molecule has 1 spiro atoms. The van der Waals surface area contributed by atoms with Crippen LogP contribution in [0.5, 0.6) is 5.75 Å². The second-order valence-electron chi connectivity index (χ2n) is 13.6. The SMILES string of the molecule is CC(C)c1nc(C(=O)N2CCOC3(CCN(Cc4ccc(F)c(CCNC[C@H](O)c5ccc(O)c6[nH]c(=O)sc56)c4)CC3)C2)cs1.C[C@@H](O)C(=O)O. The number of benzene rings is 2. The Bertz CT molecular complexity index is 1900. The number of carboxylic acid groups (broad SMARTS) is 1. The zero-order valence-corrected chi connectivity index (χ0v) is 31.1. The summed E-state index contributed by atoms with van der Waals surface area (Å²) in [6.07, 6.45) is -0.0363. The highest BCUT2D eigenvalue weighted by atomic mass is 32.1. The van der Waals surface area contributed by atoms with Crippen molar-refractivity contribution in [2.75, 3.05) is 45.9 Å². The molecule has 2 fully saturated rings. The molecule has 4 heterocycles. The van der Waals surface area contributed by atoms with Crippen molar-refractivity contribution < 1.29 is 39.1 Å². The number of nitrogens with zero attached hydrogens (tertiary/aromatic N) is 3. The lowest BCUT2D eigenvalue weighted by Crippen LogP contribution is -2.58. The number of hydrogen-bond donors (Lipinski definition) is 6. The number of phenols is 1. The maximum absolute atomic E-state index is 14.7. The number of halogens is 1. The molecule has 4 aromatic rings. The number of amides is 1. The summed E-state index contributed by atoms with van der Waals surface area (Å²) in [6.45, 7) is 10.0. The number of thiazole rings is 2. The number of rotatable bonds is 11. The van der Waals surface area contributed by atoms with Crippen LogP contribution in [0.2, 0.25) is 0 Å². The zero-order valence-electron chi connectivity index (χ0n) is 29.4. The minimum Gasteiger partial charge on any atom is -0.506 e. The Labute approximate surface area is 308 Å². The molecule has 16 heteroatoms. The third kappa shape index (κ3) is 9.80. The van der Waals surface area contributed by atoms with Gasteiger partial charge in [0, 0.05) is 49.6 Å². The minimum atomic E-state index is -1.23. The Hall–Kier alpha value is -3.77. The first kappa shape index (κ1) is 39.4. The number of H-pyrrole nitrogens is 1. The van der Waals surface area contributed by atoms with Crippen molar-refractivity contribution in [3.8, 4) is 5.75 Å². The van der Waals surface area contributed by atoms with Gasteiger partial charge >= 0.3 is 10.8 Å². The Balaban J connectivity index is 0.000000803. The normalized spacial score (nSPS) is 17.2. The Morgan fingerprint density at radius 3 is 2.54 bits per heavy atom. The number of aromatic amines is 1. The predicted molar refractivity (Wildman–Crippen MR) is 197 cm³/mol. The number of likely N-dealkylation sites (tertiary alicyclic amines) is 1. The van der Waals surface area contributed by atoms with Gasteiger partial charge in [-0.1, -0.05) is 43.4 Å². The second kappa shape index (κ2) is 17.4. The van der Waals surface area contributed by atoms with E-state index in [-0.39, 0.29) is 34.5 Å². The average Bonchev–Trinajstić information content (AvgIpc) is 3.77. The molecular formula is C36H46FN5O8S2. The van der Waals surface area contributed by atoms with Crippen molar-refractivity contribution in [1.29, 1.82) is 0 Å². The molecule has 0 aliphatic carbocycles. The van der Waals surface area contributed by atoms with Crippen LogP contribution >= 0.6 is 22.7 Å². The lowest BCUT2D eigenvalue weighted by atomic mass is 9.89. The van der Waals surface area contributed by atoms with Gasteiger partial charge in [0.15, 0.2) is 0 Å². The number of aliphatic carboxylic acids is 1. The number of aliphatic hydroxyl groups is 2. The first-order chi connectivity index (χ1) is 24.7. The van der Waals surface area contributed by atoms with E-state index in [1.807, 2.05) is 22.4 Å². The van der Waals surface area contributed by atoms with E-state index in [9.17, 15) is 29.0 Å². The van der Waals surface area contributed by atoms with Crippen molar-refractivity contribution >= 4 is 44.8 Å². The maximum atomic E-state index is 14.7. The number of aromatic nitrogens is 2. The molecule has 2 saturated heterocycles. The van der Waals surface area contributed by atoms with Crippen LogP contribution in [0.15, 0.2) is 40.5 Å². The molecule has 0 saturated carbocycles. The predicted octanol–water partition coefficient (Wildman–Crippen LogP) is 3.84. The second-order valence-corrected chi connectivity index (χ2v) is 15.4. The number of fused-ring (bicyclic) bond motifs is 1. The minimum absolute atomic E-state index is 0.0206. The van der Waals surface area contributed by atoms with Gasteiger partial charge in [-0.3, -0.25) is 14.5 Å². The van der Waals surface area contributed by atoms with Crippen LogP contribution in [0.4, 0.5) is 4.39 Å². The summed E-state index contributed by atoms with van der Waals surface area (Å²) in [5, 5.41) is 42.5. The van der Waals surface area contributed by atoms with Crippen LogP contribution < -0.4 is 10.2 Å². The van der Waals surface area contributed by atoms with Crippen molar-refractivity contribution in [2.24, 2.45) is 0 Å². The number of carbonyl (C=O) groups is 2. The summed E-state index contributed by atoms with van der Waals surface area (Å²) in [7, 11) is 0. The third-order valence-corrected chi connectivity index (χ3v) is 11.3. The van der Waals surface area contributed by atoms with Crippen molar-refractivity contribution in [3.63, 3.8) is 0 Å². The number of piperidine rings is 1. The van der Waals surface area contributed by atoms with Crippen molar-refractivity contribution in [1.82, 2.24) is 25.1 Å². The summed E-state index contributed by atoms with van der Waals surface area (Å²) in [6, 6.07) is 8.32. The summed E-state index contributed by atoms with van der Waals surface area (Å²) in [5.41, 5.74) is 2.69. The number of carbonyl (C=O) groups excluding carboxylic acids is 1. The number of hydrogen-bond acceptors (Lipinski definition) is 12. The Morgan fingerprint density at radius 1 is 1.13 bits per heavy atom. The number of ether oxygens (including phenoxy) is 1. The molecule has 2 aromatic carbocycles. The fourth-order valence-corrected chi connectivity index (χ4v) is 8.03. The molecule has 2 atom stereocenters. The van der Waals surface area contributed by atoms with Crippen molar-refractivity contribution in [2.45, 2.75) is 70.3 Å². The van der Waals surface area contributed by atoms with Gasteiger partial charge in [0.2, 0.25) is 0 Å². The van der Waals surface area contributed by atoms with Gasteiger partial charge in [0.05, 0.1) is 34.6 Å². The van der Waals surface area contributed by atoms with Gasteiger partial charge in [-0.25, -0.2) is 14.2 Å². The van der Waals surface area contributed by atoms with Gasteiger partial charge in [-0.2, -0.15) is 0 Å². The molecular weight excluding hydrogens is 714 g/mol. The summed E-state index contributed by atoms with van der Waals surface area (Å²) >= 11 is 2.48. The van der Waals surface area contributed by atoms with Gasteiger partial charge < -0.3 is 40.4 Å². The monoisotopic (exact) mass is 759 g/mol. The van der Waals surface area contributed by atoms with Crippen LogP contribution in [0, 0.1) is 5.82 Å². The van der Waals surface area contributed by atoms with E-state index < -0.39 is 18.2 Å². The van der Waals surface area contributed by atoms with E-state index in [2.05, 4.69) is 34.0 Å². The number of nitrogens with one attached hydrogen (secondary N) is 2. The summed E-state index contributed by atoms with van der Waals surface area (Å²) in [4.78, 5) is 45.6. The van der Waals surface area contributed by atoms with E-state index in [1.54, 1.807) is 6.07 Å². The highest BCUT2D eigenvalue weighted by Crippen LogP contribution is 2.33. The Morgan fingerprint density at radius 2 is 1.87 bits per heavy atom. The third-order valence-electron chi connectivity index (χ3n) is 9.27. The van der Waals surface area contributed by atoms with Crippen LogP contribution in [0.3, 0.4) is 0 Å². The fraction of sp³-hybridized carbons (Fsp3) is 0.500. The van der Waals surface area contributed by atoms with Crippen LogP contribution in [-0.2, 0) is 22.5 Å². The molecule has 0 bridgehead atoms. The largest absolute Gasteiger partial charge is 0.506 e. The standard InChI is InChI=1S/C33H40FN5O5S2.C3H6O3/c1-20(2)30-36-25(18-45-30)31(42)39-13-14-44-33(19-39)8-11-38(12-9-33)17-21-3-5-24(34)22(15-21)7-10-35-16-27(41)23-4-6-26(40)28-29(23)46-32(43)37-28;1-2(4)3(5)6/h3-6,15,18,20,27,35,40-41H,7-14,16-17,19H2,1-2H3,(H,37,43);2,4H,1H3,(H,5,6)/t27-;2-/m01/s1. The lowest BCUT2D eigenvalue weighted by Gasteiger charge is -2.47. The van der Waals surface area contributed by atoms with Gasteiger partial charge in [0.1, 0.15) is 28.9 Å². The van der Waals surface area contributed by atoms with Crippen LogP contribution in [0.25, 0.3) is 10.2 Å².